The van der Waals surface area contributed by atoms with Gasteiger partial charge in [0, 0.05) is 12.7 Å². The van der Waals surface area contributed by atoms with E-state index in [1.54, 1.807) is 20.1 Å². The van der Waals surface area contributed by atoms with Crippen LogP contribution in [-0.2, 0) is 9.53 Å². The maximum atomic E-state index is 10.3. The third-order valence-corrected chi connectivity index (χ3v) is 1.30. The highest BCUT2D eigenvalue weighted by Crippen LogP contribution is 2.02. The molecule has 64 valence electrons. The Morgan fingerprint density at radius 2 is 2.27 bits per heavy atom. The molecule has 0 heterocycles. The molecule has 0 fully saturated rings. The van der Waals surface area contributed by atoms with Gasteiger partial charge in [-0.05, 0) is 12.8 Å². The van der Waals surface area contributed by atoms with Gasteiger partial charge in [0.25, 0.3) is 0 Å². The highest BCUT2D eigenvalue weighted by Gasteiger charge is 2.02. The van der Waals surface area contributed by atoms with Crippen molar-refractivity contribution in [2.75, 3.05) is 13.7 Å². The van der Waals surface area contributed by atoms with Crippen molar-refractivity contribution in [2.45, 2.75) is 13.8 Å². The minimum absolute atomic E-state index is 0.163. The third kappa shape index (κ3) is 4.56. The number of carboxylic acid groups (broad SMARTS) is 1. The molecule has 0 saturated carbocycles. The van der Waals surface area contributed by atoms with Gasteiger partial charge < -0.3 is 9.84 Å². The Morgan fingerprint density at radius 1 is 1.73 bits per heavy atom. The quantitative estimate of drug-likeness (QED) is 0.627. The summed E-state index contributed by atoms with van der Waals surface area (Å²) in [6.45, 7) is 4.05. The first-order valence-electron chi connectivity index (χ1n) is 3.48. The minimum atomic E-state index is -0.868. The van der Waals surface area contributed by atoms with E-state index < -0.39 is 5.97 Å². The lowest BCUT2D eigenvalue weighted by molar-refractivity contribution is -0.132. The van der Waals surface area contributed by atoms with Crippen LogP contribution in [0.1, 0.15) is 13.8 Å². The molecule has 3 nitrogen and oxygen atoms in total. The molecule has 1 unspecified atom stereocenters. The zero-order chi connectivity index (χ0) is 8.85. The van der Waals surface area contributed by atoms with Gasteiger partial charge in [-0.15, -0.1) is 0 Å². The van der Waals surface area contributed by atoms with Crippen molar-refractivity contribution in [2.24, 2.45) is 5.92 Å². The Kier molecular flexibility index (Phi) is 4.54. The van der Waals surface area contributed by atoms with Crippen LogP contribution in [0.4, 0.5) is 0 Å². The van der Waals surface area contributed by atoms with E-state index in [9.17, 15) is 4.79 Å². The van der Waals surface area contributed by atoms with Gasteiger partial charge in [0.2, 0.25) is 0 Å². The molecule has 0 amide bonds. The first kappa shape index (κ1) is 10.2. The van der Waals surface area contributed by atoms with Crippen LogP contribution in [0.15, 0.2) is 11.6 Å². The summed E-state index contributed by atoms with van der Waals surface area (Å²) in [5, 5.41) is 8.49. The molecule has 0 rings (SSSR count). The van der Waals surface area contributed by atoms with Gasteiger partial charge in [0.05, 0.1) is 6.61 Å². The number of rotatable bonds is 4. The molecule has 1 N–H and O–H groups in total. The monoisotopic (exact) mass is 158 g/mol. The van der Waals surface area contributed by atoms with Crippen molar-refractivity contribution in [3.8, 4) is 0 Å². The second kappa shape index (κ2) is 4.91. The molecule has 0 aliphatic carbocycles. The van der Waals surface area contributed by atoms with E-state index in [0.29, 0.717) is 12.2 Å². The van der Waals surface area contributed by atoms with Crippen LogP contribution in [0.5, 0.6) is 0 Å². The normalized spacial score (nSPS) is 14.6. The molecule has 0 aromatic rings. The fourth-order valence-corrected chi connectivity index (χ4v) is 0.809. The molecule has 0 aromatic carbocycles. The maximum absolute atomic E-state index is 10.3. The molecule has 3 heteroatoms. The highest BCUT2D eigenvalue weighted by atomic mass is 16.5. The average Bonchev–Trinajstić information content (AvgIpc) is 1.87. The molecule has 1 atom stereocenters. The van der Waals surface area contributed by atoms with E-state index >= 15 is 0 Å². The van der Waals surface area contributed by atoms with Gasteiger partial charge >= 0.3 is 5.97 Å². The van der Waals surface area contributed by atoms with E-state index in [0.717, 1.165) is 0 Å². The second-order valence-electron chi connectivity index (χ2n) is 2.59. The summed E-state index contributed by atoms with van der Waals surface area (Å²) in [4.78, 5) is 10.3. The van der Waals surface area contributed by atoms with E-state index in [1.165, 1.54) is 0 Å². The molecule has 0 radical (unpaired) electrons. The SMILES string of the molecule is COCC(C)/C=C(/C)C(=O)O. The fourth-order valence-electron chi connectivity index (χ4n) is 0.809. The average molecular weight is 158 g/mol. The van der Waals surface area contributed by atoms with Crippen molar-refractivity contribution < 1.29 is 14.6 Å². The molecule has 0 bridgehead atoms. The number of carboxylic acids is 1. The van der Waals surface area contributed by atoms with E-state index in [-0.39, 0.29) is 5.92 Å². The Bertz CT molecular complexity index is 161. The van der Waals surface area contributed by atoms with Crippen LogP contribution in [0.25, 0.3) is 0 Å². The van der Waals surface area contributed by atoms with Gasteiger partial charge in [0.1, 0.15) is 0 Å². The molecule has 0 aromatic heterocycles. The van der Waals surface area contributed by atoms with E-state index in [1.807, 2.05) is 6.92 Å². The molecular weight excluding hydrogens is 144 g/mol. The zero-order valence-corrected chi connectivity index (χ0v) is 7.13. The van der Waals surface area contributed by atoms with Crippen LogP contribution >= 0.6 is 0 Å². The van der Waals surface area contributed by atoms with Crippen LogP contribution in [-0.4, -0.2) is 24.8 Å². The van der Waals surface area contributed by atoms with Crippen molar-refractivity contribution in [3.05, 3.63) is 11.6 Å². The summed E-state index contributed by atoms with van der Waals surface area (Å²) in [5.74, 6) is -0.705. The molecule has 0 spiro atoms. The van der Waals surface area contributed by atoms with Crippen molar-refractivity contribution in [1.29, 1.82) is 0 Å². The molecule has 0 saturated heterocycles. The van der Waals surface area contributed by atoms with Gasteiger partial charge in [0.15, 0.2) is 0 Å². The largest absolute Gasteiger partial charge is 0.478 e. The van der Waals surface area contributed by atoms with Crippen LogP contribution in [0.3, 0.4) is 0 Å². The van der Waals surface area contributed by atoms with Gasteiger partial charge in [-0.1, -0.05) is 13.0 Å². The lowest BCUT2D eigenvalue weighted by Crippen LogP contribution is -2.04. The van der Waals surface area contributed by atoms with Gasteiger partial charge in [-0.25, -0.2) is 4.79 Å². The van der Waals surface area contributed by atoms with E-state index in [2.05, 4.69) is 0 Å². The van der Waals surface area contributed by atoms with Gasteiger partial charge in [-0.3, -0.25) is 0 Å². The molecule has 0 aliphatic heterocycles. The second-order valence-corrected chi connectivity index (χ2v) is 2.59. The summed E-state index contributed by atoms with van der Waals surface area (Å²) < 4.78 is 4.85. The Labute approximate surface area is 66.7 Å². The lowest BCUT2D eigenvalue weighted by atomic mass is 10.1. The summed E-state index contributed by atoms with van der Waals surface area (Å²) in [6.07, 6.45) is 1.69. The van der Waals surface area contributed by atoms with Crippen LogP contribution in [0, 0.1) is 5.92 Å². The summed E-state index contributed by atoms with van der Waals surface area (Å²) in [6, 6.07) is 0. The predicted octanol–water partition coefficient (Wildman–Crippen LogP) is 1.30. The molecule has 11 heavy (non-hydrogen) atoms. The number of aliphatic carboxylic acids is 1. The van der Waals surface area contributed by atoms with Crippen LogP contribution in [0.2, 0.25) is 0 Å². The number of methoxy groups -OCH3 is 1. The van der Waals surface area contributed by atoms with E-state index in [4.69, 9.17) is 9.84 Å². The fraction of sp³-hybridized carbons (Fsp3) is 0.625. The van der Waals surface area contributed by atoms with Crippen LogP contribution < -0.4 is 0 Å². The Balaban J connectivity index is 3.96. The number of hydrogen-bond donors (Lipinski definition) is 1. The standard InChI is InChI=1S/C8H14O3/c1-6(5-11-3)4-7(2)8(9)10/h4,6H,5H2,1-3H3,(H,9,10)/b7-4-. The maximum Gasteiger partial charge on any atom is 0.330 e. The highest BCUT2D eigenvalue weighted by molar-refractivity contribution is 5.85. The zero-order valence-electron chi connectivity index (χ0n) is 7.13. The van der Waals surface area contributed by atoms with Gasteiger partial charge in [-0.2, -0.15) is 0 Å². The summed E-state index contributed by atoms with van der Waals surface area (Å²) in [5.41, 5.74) is 0.370. The number of carbonyl (C=O) groups is 1. The Morgan fingerprint density at radius 3 is 2.64 bits per heavy atom. The van der Waals surface area contributed by atoms with Crippen molar-refractivity contribution in [3.63, 3.8) is 0 Å². The number of hydrogen-bond acceptors (Lipinski definition) is 2. The minimum Gasteiger partial charge on any atom is -0.478 e. The Hall–Kier alpha value is -0.830. The summed E-state index contributed by atoms with van der Waals surface area (Å²) in [7, 11) is 1.60. The lowest BCUT2D eigenvalue weighted by Gasteiger charge is -2.03. The topological polar surface area (TPSA) is 46.5 Å². The number of ether oxygens (including phenoxy) is 1. The summed E-state index contributed by atoms with van der Waals surface area (Å²) >= 11 is 0. The third-order valence-electron chi connectivity index (χ3n) is 1.30. The molecule has 0 aliphatic rings. The smallest absolute Gasteiger partial charge is 0.330 e. The molecular formula is C8H14O3. The van der Waals surface area contributed by atoms with Crippen molar-refractivity contribution in [1.82, 2.24) is 0 Å². The first-order chi connectivity index (χ1) is 5.07. The predicted molar refractivity (Wildman–Crippen MR) is 42.4 cm³/mol. The van der Waals surface area contributed by atoms with Crippen molar-refractivity contribution >= 4 is 5.97 Å². The first-order valence-corrected chi connectivity index (χ1v) is 3.48.